The lowest BCUT2D eigenvalue weighted by Crippen LogP contribution is -2.26. The van der Waals surface area contributed by atoms with Gasteiger partial charge < -0.3 is 11.1 Å². The predicted octanol–water partition coefficient (Wildman–Crippen LogP) is 2.20. The summed E-state index contributed by atoms with van der Waals surface area (Å²) in [5.74, 6) is 0.00665. The van der Waals surface area contributed by atoms with E-state index < -0.39 is 0 Å². The van der Waals surface area contributed by atoms with Gasteiger partial charge in [-0.3, -0.25) is 9.89 Å². The average molecular weight is 271 g/mol. The molecule has 7 heteroatoms. The molecule has 17 heavy (non-hydrogen) atoms. The Morgan fingerprint density at radius 2 is 2.41 bits per heavy atom. The van der Waals surface area contributed by atoms with E-state index in [1.54, 1.807) is 6.07 Å². The summed E-state index contributed by atoms with van der Waals surface area (Å²) in [4.78, 5) is 12.8. The molecular weight excluding hydrogens is 260 g/mol. The third kappa shape index (κ3) is 2.59. The van der Waals surface area contributed by atoms with Gasteiger partial charge in [-0.15, -0.1) is 11.3 Å². The fraction of sp³-hybridized carbons (Fsp3) is 0.200. The molecular formula is C10H11ClN4OS. The highest BCUT2D eigenvalue weighted by Gasteiger charge is 2.16. The van der Waals surface area contributed by atoms with E-state index in [1.807, 2.05) is 13.0 Å². The van der Waals surface area contributed by atoms with Crippen molar-refractivity contribution in [2.24, 2.45) is 0 Å². The summed E-state index contributed by atoms with van der Waals surface area (Å²) in [6.07, 6.45) is 1.40. The molecule has 0 saturated carbocycles. The van der Waals surface area contributed by atoms with E-state index in [0.717, 1.165) is 4.88 Å². The van der Waals surface area contributed by atoms with Crippen LogP contribution in [0.4, 0.5) is 5.82 Å². The van der Waals surface area contributed by atoms with Crippen molar-refractivity contribution in [2.45, 2.75) is 13.0 Å². The zero-order valence-corrected chi connectivity index (χ0v) is 10.6. The summed E-state index contributed by atoms with van der Waals surface area (Å²) in [5.41, 5.74) is 5.91. The Morgan fingerprint density at radius 3 is 2.94 bits per heavy atom. The van der Waals surface area contributed by atoms with Crippen molar-refractivity contribution in [1.29, 1.82) is 0 Å². The molecule has 2 heterocycles. The number of nitrogen functional groups attached to an aromatic ring is 1. The monoisotopic (exact) mass is 270 g/mol. The number of rotatable bonds is 3. The molecule has 1 unspecified atom stereocenters. The second kappa shape index (κ2) is 4.77. The molecule has 0 spiro atoms. The van der Waals surface area contributed by atoms with E-state index >= 15 is 0 Å². The number of nitrogens with zero attached hydrogens (tertiary/aromatic N) is 1. The number of carbonyl (C=O) groups excluding carboxylic acids is 1. The van der Waals surface area contributed by atoms with Crippen molar-refractivity contribution in [3.63, 3.8) is 0 Å². The van der Waals surface area contributed by atoms with E-state index in [1.165, 1.54) is 17.5 Å². The summed E-state index contributed by atoms with van der Waals surface area (Å²) in [7, 11) is 0. The Kier molecular flexibility index (Phi) is 3.35. The van der Waals surface area contributed by atoms with Crippen LogP contribution in [0.15, 0.2) is 18.3 Å². The predicted molar refractivity (Wildman–Crippen MR) is 68.2 cm³/mol. The van der Waals surface area contributed by atoms with Crippen LogP contribution in [0.1, 0.15) is 28.2 Å². The highest BCUT2D eigenvalue weighted by Crippen LogP contribution is 2.26. The number of amides is 1. The lowest BCUT2D eigenvalue weighted by atomic mass is 10.2. The van der Waals surface area contributed by atoms with Gasteiger partial charge in [0.25, 0.3) is 5.91 Å². The van der Waals surface area contributed by atoms with Crippen LogP contribution in [0.5, 0.6) is 0 Å². The normalized spacial score (nSPS) is 12.4. The van der Waals surface area contributed by atoms with Crippen molar-refractivity contribution in [2.75, 3.05) is 5.73 Å². The molecule has 1 atom stereocenters. The summed E-state index contributed by atoms with van der Waals surface area (Å²) >= 11 is 7.27. The molecule has 2 rings (SSSR count). The molecule has 0 fully saturated rings. The summed E-state index contributed by atoms with van der Waals surface area (Å²) < 4.78 is 0.698. The maximum Gasteiger partial charge on any atom is 0.257 e. The van der Waals surface area contributed by atoms with Gasteiger partial charge in [-0.05, 0) is 19.1 Å². The number of halogens is 1. The van der Waals surface area contributed by atoms with Gasteiger partial charge in [-0.25, -0.2) is 0 Å². The number of thiophene rings is 1. The second-order valence-corrected chi connectivity index (χ2v) is 5.28. The molecule has 0 radical (unpaired) electrons. The lowest BCUT2D eigenvalue weighted by molar-refractivity contribution is 0.0941. The molecule has 2 aromatic heterocycles. The maximum atomic E-state index is 11.8. The van der Waals surface area contributed by atoms with Crippen molar-refractivity contribution in [3.05, 3.63) is 33.1 Å². The quantitative estimate of drug-likeness (QED) is 0.799. The Hall–Kier alpha value is -1.53. The standard InChI is InChI=1S/C10H11ClN4OS/c1-5(7-2-3-8(11)17-7)14-10(16)6-4-13-15-9(6)12/h2-5H,1H3,(H,14,16)(H3,12,13,15). The third-order valence-corrected chi connectivity index (χ3v) is 3.70. The third-order valence-electron chi connectivity index (χ3n) is 2.28. The van der Waals surface area contributed by atoms with Crippen LogP contribution in [0.2, 0.25) is 4.34 Å². The highest BCUT2D eigenvalue weighted by molar-refractivity contribution is 7.16. The van der Waals surface area contributed by atoms with Gasteiger partial charge >= 0.3 is 0 Å². The van der Waals surface area contributed by atoms with Crippen LogP contribution in [0.3, 0.4) is 0 Å². The first-order valence-corrected chi connectivity index (χ1v) is 6.12. The Balaban J connectivity index is 2.07. The summed E-state index contributed by atoms with van der Waals surface area (Å²) in [6.45, 7) is 1.89. The van der Waals surface area contributed by atoms with Crippen LogP contribution < -0.4 is 11.1 Å². The minimum absolute atomic E-state index is 0.116. The lowest BCUT2D eigenvalue weighted by Gasteiger charge is -2.11. The van der Waals surface area contributed by atoms with Gasteiger partial charge in [0, 0.05) is 4.88 Å². The number of H-pyrrole nitrogens is 1. The van der Waals surface area contributed by atoms with E-state index in [0.29, 0.717) is 9.90 Å². The number of aromatic nitrogens is 2. The van der Waals surface area contributed by atoms with Crippen LogP contribution in [0.25, 0.3) is 0 Å². The SMILES string of the molecule is CC(NC(=O)c1cn[nH]c1N)c1ccc(Cl)s1. The molecule has 0 aliphatic heterocycles. The number of hydrogen-bond acceptors (Lipinski definition) is 4. The Labute approximate surface area is 107 Å². The number of anilines is 1. The molecule has 0 aliphatic carbocycles. The van der Waals surface area contributed by atoms with Crippen molar-refractivity contribution in [3.8, 4) is 0 Å². The molecule has 1 amide bonds. The zero-order valence-electron chi connectivity index (χ0n) is 9.03. The average Bonchev–Trinajstić information content (AvgIpc) is 2.86. The van der Waals surface area contributed by atoms with Crippen molar-refractivity contribution < 1.29 is 4.79 Å². The first-order valence-electron chi connectivity index (χ1n) is 4.93. The van der Waals surface area contributed by atoms with E-state index in [2.05, 4.69) is 15.5 Å². The van der Waals surface area contributed by atoms with Crippen LogP contribution in [-0.4, -0.2) is 16.1 Å². The Bertz CT molecular complexity index is 536. The number of nitrogens with one attached hydrogen (secondary N) is 2. The number of aromatic amines is 1. The summed E-state index contributed by atoms with van der Waals surface area (Å²) in [5, 5.41) is 9.04. The first kappa shape index (κ1) is 11.9. The fourth-order valence-electron chi connectivity index (χ4n) is 1.38. The highest BCUT2D eigenvalue weighted by atomic mass is 35.5. The van der Waals surface area contributed by atoms with Crippen molar-refractivity contribution in [1.82, 2.24) is 15.5 Å². The minimum Gasteiger partial charge on any atom is -0.383 e. The molecule has 0 aliphatic rings. The van der Waals surface area contributed by atoms with E-state index in [-0.39, 0.29) is 17.8 Å². The molecule has 0 aromatic carbocycles. The number of hydrogen-bond donors (Lipinski definition) is 3. The van der Waals surface area contributed by atoms with Gasteiger partial charge in [-0.2, -0.15) is 5.10 Å². The topological polar surface area (TPSA) is 83.8 Å². The molecule has 5 nitrogen and oxygen atoms in total. The van der Waals surface area contributed by atoms with Gasteiger partial charge in [0.1, 0.15) is 11.4 Å². The largest absolute Gasteiger partial charge is 0.383 e. The van der Waals surface area contributed by atoms with Gasteiger partial charge in [0.05, 0.1) is 16.6 Å². The number of carbonyl (C=O) groups is 1. The van der Waals surface area contributed by atoms with E-state index in [4.69, 9.17) is 17.3 Å². The van der Waals surface area contributed by atoms with Gasteiger partial charge in [0.2, 0.25) is 0 Å². The molecule has 4 N–H and O–H groups in total. The second-order valence-electron chi connectivity index (χ2n) is 3.53. The fourth-order valence-corrected chi connectivity index (χ4v) is 2.45. The zero-order chi connectivity index (χ0) is 12.4. The van der Waals surface area contributed by atoms with E-state index in [9.17, 15) is 4.79 Å². The van der Waals surface area contributed by atoms with Gasteiger partial charge in [0.15, 0.2) is 0 Å². The van der Waals surface area contributed by atoms with Crippen LogP contribution >= 0.6 is 22.9 Å². The van der Waals surface area contributed by atoms with Crippen molar-refractivity contribution >= 4 is 34.7 Å². The van der Waals surface area contributed by atoms with Crippen LogP contribution in [0, 0.1) is 0 Å². The summed E-state index contributed by atoms with van der Waals surface area (Å²) in [6, 6.07) is 3.57. The molecule has 0 bridgehead atoms. The smallest absolute Gasteiger partial charge is 0.257 e. The number of nitrogens with two attached hydrogens (primary N) is 1. The van der Waals surface area contributed by atoms with Gasteiger partial charge in [-0.1, -0.05) is 11.6 Å². The Morgan fingerprint density at radius 1 is 1.65 bits per heavy atom. The molecule has 0 saturated heterocycles. The minimum atomic E-state index is -0.256. The molecule has 2 aromatic rings. The first-order chi connectivity index (χ1) is 8.08. The maximum absolute atomic E-state index is 11.8. The molecule has 90 valence electrons. The van der Waals surface area contributed by atoms with Crippen LogP contribution in [-0.2, 0) is 0 Å².